The highest BCUT2D eigenvalue weighted by Gasteiger charge is 2.39. The number of amides is 3. The van der Waals surface area contributed by atoms with E-state index in [0.717, 1.165) is 54.1 Å². The molecule has 3 amide bonds. The normalized spacial score (nSPS) is 23.5. The molecule has 206 valence electrons. The summed E-state index contributed by atoms with van der Waals surface area (Å²) >= 11 is 0. The van der Waals surface area contributed by atoms with Gasteiger partial charge >= 0.3 is 0 Å². The summed E-state index contributed by atoms with van der Waals surface area (Å²) in [6, 6.07) is 15.4. The van der Waals surface area contributed by atoms with Crippen LogP contribution in [0.4, 0.5) is 5.82 Å². The van der Waals surface area contributed by atoms with Crippen LogP contribution in [-0.4, -0.2) is 82.0 Å². The van der Waals surface area contributed by atoms with Gasteiger partial charge in [-0.2, -0.15) is 0 Å². The minimum atomic E-state index is -0.618. The molecule has 2 N–H and O–H groups in total. The Morgan fingerprint density at radius 1 is 1.00 bits per heavy atom. The number of benzene rings is 2. The van der Waals surface area contributed by atoms with Gasteiger partial charge in [-0.1, -0.05) is 6.07 Å². The zero-order valence-electron chi connectivity index (χ0n) is 22.1. The molecule has 0 bridgehead atoms. The summed E-state index contributed by atoms with van der Waals surface area (Å²) in [7, 11) is 0. The monoisotopic (exact) mass is 541 g/mol. The molecule has 2 atom stereocenters. The van der Waals surface area contributed by atoms with Crippen molar-refractivity contribution in [3.05, 3.63) is 65.2 Å². The Labute approximate surface area is 231 Å². The van der Waals surface area contributed by atoms with Gasteiger partial charge in [0.25, 0.3) is 5.91 Å². The zero-order valence-corrected chi connectivity index (χ0v) is 22.1. The maximum Gasteiger partial charge on any atom is 0.255 e. The van der Waals surface area contributed by atoms with E-state index < -0.39 is 11.9 Å². The minimum Gasteiger partial charge on any atom is -0.489 e. The first-order valence-corrected chi connectivity index (χ1v) is 13.9. The van der Waals surface area contributed by atoms with Crippen LogP contribution in [0.2, 0.25) is 0 Å². The number of nitrogens with zero attached hydrogens (tertiary/aromatic N) is 4. The molecule has 0 spiro atoms. The fourth-order valence-electron chi connectivity index (χ4n) is 6.19. The van der Waals surface area contributed by atoms with Gasteiger partial charge in [0, 0.05) is 56.6 Å². The minimum absolute atomic E-state index is 0.0537. The van der Waals surface area contributed by atoms with E-state index >= 15 is 0 Å². The van der Waals surface area contributed by atoms with Crippen molar-refractivity contribution in [1.82, 2.24) is 20.1 Å². The smallest absolute Gasteiger partial charge is 0.255 e. The number of aliphatic hydroxyl groups is 1. The van der Waals surface area contributed by atoms with Crippen molar-refractivity contribution < 1.29 is 24.2 Å². The number of imide groups is 1. The van der Waals surface area contributed by atoms with Crippen LogP contribution < -0.4 is 15.0 Å². The first-order chi connectivity index (χ1) is 19.4. The number of aliphatic hydroxyl groups excluding tert-OH is 1. The molecule has 4 aliphatic heterocycles. The number of fused-ring (bicyclic) bond motifs is 2. The third-order valence-corrected chi connectivity index (χ3v) is 8.36. The van der Waals surface area contributed by atoms with Crippen LogP contribution in [0.15, 0.2) is 48.5 Å². The first-order valence-electron chi connectivity index (χ1n) is 13.9. The van der Waals surface area contributed by atoms with Crippen LogP contribution in [0.25, 0.3) is 10.9 Å². The van der Waals surface area contributed by atoms with Gasteiger partial charge in [0.05, 0.1) is 11.6 Å². The number of hydrogen-bond donors (Lipinski definition) is 2. The molecule has 3 aromatic rings. The number of carbonyl (C=O) groups excluding carboxylic acids is 3. The predicted octanol–water partition coefficient (Wildman–Crippen LogP) is 1.83. The van der Waals surface area contributed by atoms with Gasteiger partial charge in [-0.25, -0.2) is 4.98 Å². The molecule has 5 heterocycles. The zero-order chi connectivity index (χ0) is 27.4. The molecule has 0 radical (unpaired) electrons. The van der Waals surface area contributed by atoms with Crippen LogP contribution >= 0.6 is 0 Å². The van der Waals surface area contributed by atoms with Crippen LogP contribution in [0, 0.1) is 0 Å². The summed E-state index contributed by atoms with van der Waals surface area (Å²) in [6.07, 6.45) is 1.31. The summed E-state index contributed by atoms with van der Waals surface area (Å²) in [4.78, 5) is 47.5. The highest BCUT2D eigenvalue weighted by atomic mass is 16.5. The topological polar surface area (TPSA) is 115 Å². The molecule has 1 aromatic heterocycles. The number of anilines is 1. The van der Waals surface area contributed by atoms with Crippen molar-refractivity contribution in [1.29, 1.82) is 0 Å². The number of nitrogens with one attached hydrogen (secondary N) is 1. The maximum atomic E-state index is 13.0. The van der Waals surface area contributed by atoms with Crippen molar-refractivity contribution in [2.24, 2.45) is 0 Å². The molecule has 2 aromatic carbocycles. The third kappa shape index (κ3) is 4.67. The Balaban J connectivity index is 0.961. The second-order valence-electron chi connectivity index (χ2n) is 11.2. The molecular weight excluding hydrogens is 510 g/mol. The third-order valence-electron chi connectivity index (χ3n) is 8.36. The van der Waals surface area contributed by atoms with Gasteiger partial charge in [0.2, 0.25) is 11.8 Å². The van der Waals surface area contributed by atoms with Crippen molar-refractivity contribution in [3.8, 4) is 5.75 Å². The number of β-amino-alcohol motifs (C(OH)–C–C–N with tert-alkyl or cyclic N) is 1. The second-order valence-corrected chi connectivity index (χ2v) is 11.2. The van der Waals surface area contributed by atoms with Gasteiger partial charge in [-0.15, -0.1) is 0 Å². The summed E-state index contributed by atoms with van der Waals surface area (Å²) in [5, 5.41) is 13.0. The van der Waals surface area contributed by atoms with Gasteiger partial charge in [0.1, 0.15) is 23.7 Å². The Kier molecular flexibility index (Phi) is 6.16. The van der Waals surface area contributed by atoms with Crippen LogP contribution in [0.1, 0.15) is 40.7 Å². The average Bonchev–Trinajstić information content (AvgIpc) is 3.49. The van der Waals surface area contributed by atoms with Gasteiger partial charge in [-0.3, -0.25) is 24.6 Å². The molecule has 4 aliphatic rings. The largest absolute Gasteiger partial charge is 0.489 e. The van der Waals surface area contributed by atoms with Gasteiger partial charge in [0.15, 0.2) is 0 Å². The van der Waals surface area contributed by atoms with Gasteiger partial charge < -0.3 is 19.6 Å². The molecule has 10 nitrogen and oxygen atoms in total. The van der Waals surface area contributed by atoms with E-state index in [1.165, 1.54) is 5.56 Å². The van der Waals surface area contributed by atoms with Crippen LogP contribution in [0.3, 0.4) is 0 Å². The number of aromatic nitrogens is 1. The number of ether oxygens (including phenoxy) is 1. The van der Waals surface area contributed by atoms with E-state index in [2.05, 4.69) is 39.4 Å². The quantitative estimate of drug-likeness (QED) is 0.455. The highest BCUT2D eigenvalue weighted by Crippen LogP contribution is 2.31. The van der Waals surface area contributed by atoms with E-state index in [1.54, 1.807) is 11.0 Å². The van der Waals surface area contributed by atoms with E-state index in [4.69, 9.17) is 9.72 Å². The fourth-order valence-corrected chi connectivity index (χ4v) is 6.19. The molecule has 1 unspecified atom stereocenters. The van der Waals surface area contributed by atoms with E-state index in [9.17, 15) is 19.5 Å². The molecular formula is C30H31N5O5. The standard InChI is InChI=1S/C30H31N5O5/c36-21-15-34(16-21)27-7-2-19-11-18(1-5-25(19)31-27)13-33-10-9-23(17-33)40-22-3-4-24-20(12-22)14-35(30(24)39)26-6-8-28(37)32-29(26)38/h1-5,7,11-12,21,23,26,36H,6,8-10,13-17H2,(H,32,37,38)/t23-,26?/m0/s1. The van der Waals surface area contributed by atoms with Gasteiger partial charge in [-0.05, 0) is 66.4 Å². The molecule has 7 rings (SSSR count). The Hall–Kier alpha value is -4.02. The lowest BCUT2D eigenvalue weighted by molar-refractivity contribution is -0.136. The Bertz CT molecular complexity index is 1520. The van der Waals surface area contributed by atoms with Crippen molar-refractivity contribution in [2.75, 3.05) is 31.1 Å². The number of carbonyl (C=O) groups is 3. The lowest BCUT2D eigenvalue weighted by atomic mass is 10.0. The second kappa shape index (κ2) is 9.87. The number of pyridine rings is 1. The van der Waals surface area contributed by atoms with Crippen molar-refractivity contribution >= 4 is 34.4 Å². The number of likely N-dealkylation sites (tertiary alicyclic amines) is 1. The lowest BCUT2D eigenvalue weighted by Crippen LogP contribution is -2.52. The predicted molar refractivity (Wildman–Crippen MR) is 147 cm³/mol. The number of rotatable bonds is 6. The summed E-state index contributed by atoms with van der Waals surface area (Å²) in [5.74, 6) is 0.766. The number of piperidine rings is 1. The lowest BCUT2D eigenvalue weighted by Gasteiger charge is -2.36. The first kappa shape index (κ1) is 25.0. The molecule has 0 saturated carbocycles. The molecule has 3 fully saturated rings. The average molecular weight is 542 g/mol. The molecule has 0 aliphatic carbocycles. The van der Waals surface area contributed by atoms with Crippen molar-refractivity contribution in [2.45, 2.75) is 50.6 Å². The van der Waals surface area contributed by atoms with Crippen LogP contribution in [0.5, 0.6) is 5.75 Å². The molecule has 40 heavy (non-hydrogen) atoms. The fraction of sp³-hybridized carbons (Fsp3) is 0.400. The summed E-state index contributed by atoms with van der Waals surface area (Å²) < 4.78 is 6.32. The Morgan fingerprint density at radius 2 is 1.88 bits per heavy atom. The summed E-state index contributed by atoms with van der Waals surface area (Å²) in [5.41, 5.74) is 3.62. The van der Waals surface area contributed by atoms with Crippen LogP contribution in [-0.2, 0) is 22.7 Å². The van der Waals surface area contributed by atoms with E-state index in [-0.39, 0.29) is 30.4 Å². The molecule has 10 heteroatoms. The SMILES string of the molecule is O=C1CCC(N2Cc3cc(O[C@H]4CCN(Cc5ccc6nc(N7CC(O)C7)ccc6c5)C4)ccc3C2=O)C(=O)N1. The maximum absolute atomic E-state index is 13.0. The number of hydrogen-bond acceptors (Lipinski definition) is 8. The van der Waals surface area contributed by atoms with E-state index in [0.29, 0.717) is 31.6 Å². The molecule has 3 saturated heterocycles. The van der Waals surface area contributed by atoms with Crippen molar-refractivity contribution in [3.63, 3.8) is 0 Å². The Morgan fingerprint density at radius 3 is 2.70 bits per heavy atom. The summed E-state index contributed by atoms with van der Waals surface area (Å²) in [6.45, 7) is 4.19. The van der Waals surface area contributed by atoms with E-state index in [1.807, 2.05) is 18.2 Å². The highest BCUT2D eigenvalue weighted by molar-refractivity contribution is 6.05.